The van der Waals surface area contributed by atoms with E-state index in [9.17, 15) is 5.11 Å². The van der Waals surface area contributed by atoms with Gasteiger partial charge in [0.1, 0.15) is 0 Å². The minimum atomic E-state index is -0.230. The molecule has 0 spiro atoms. The average molecular weight is 240 g/mol. The van der Waals surface area contributed by atoms with Crippen molar-refractivity contribution in [3.8, 4) is 11.1 Å². The van der Waals surface area contributed by atoms with Gasteiger partial charge < -0.3 is 5.11 Å². The van der Waals surface area contributed by atoms with Gasteiger partial charge in [-0.2, -0.15) is 0 Å². The molecule has 0 fully saturated rings. The lowest BCUT2D eigenvalue weighted by atomic mass is 9.97. The van der Waals surface area contributed by atoms with Gasteiger partial charge in [-0.3, -0.25) is 0 Å². The van der Waals surface area contributed by atoms with Crippen LogP contribution in [0.25, 0.3) is 11.1 Å². The van der Waals surface area contributed by atoms with Crippen molar-refractivity contribution in [1.29, 1.82) is 0 Å². The van der Waals surface area contributed by atoms with Gasteiger partial charge in [0.05, 0.1) is 6.10 Å². The molecule has 2 rings (SSSR count). The van der Waals surface area contributed by atoms with Crippen molar-refractivity contribution < 1.29 is 5.11 Å². The molecule has 0 bridgehead atoms. The Balaban J connectivity index is 2.25. The minimum Gasteiger partial charge on any atom is -0.393 e. The van der Waals surface area contributed by atoms with Gasteiger partial charge in [-0.15, -0.1) is 0 Å². The van der Waals surface area contributed by atoms with Crippen LogP contribution in [-0.4, -0.2) is 11.2 Å². The summed E-state index contributed by atoms with van der Waals surface area (Å²) in [6, 6.07) is 17.0. The van der Waals surface area contributed by atoms with Crippen molar-refractivity contribution in [3.05, 3.63) is 59.7 Å². The van der Waals surface area contributed by atoms with Crippen LogP contribution in [0.5, 0.6) is 0 Å². The molecule has 0 saturated carbocycles. The molecule has 1 nitrogen and oxygen atoms in total. The second-order valence-corrected chi connectivity index (χ2v) is 4.90. The Labute approximate surface area is 109 Å². The number of hydrogen-bond donors (Lipinski definition) is 1. The fourth-order valence-electron chi connectivity index (χ4n) is 2.17. The molecule has 1 N–H and O–H groups in total. The third-order valence-corrected chi connectivity index (χ3v) is 3.23. The minimum absolute atomic E-state index is 0.230. The summed E-state index contributed by atoms with van der Waals surface area (Å²) >= 11 is 0. The fourth-order valence-corrected chi connectivity index (χ4v) is 2.17. The Kier molecular flexibility index (Phi) is 4.16. The first kappa shape index (κ1) is 12.8. The molecule has 0 aliphatic heterocycles. The van der Waals surface area contributed by atoms with Crippen molar-refractivity contribution in [2.45, 2.75) is 32.8 Å². The highest BCUT2D eigenvalue weighted by Crippen LogP contribution is 2.24. The molecule has 2 aromatic carbocycles. The molecule has 0 saturated heterocycles. The van der Waals surface area contributed by atoms with Crippen molar-refractivity contribution in [3.63, 3.8) is 0 Å². The number of hydrogen-bond acceptors (Lipinski definition) is 1. The number of benzene rings is 2. The van der Waals surface area contributed by atoms with Gasteiger partial charge in [-0.05, 0) is 48.9 Å². The molecule has 0 aliphatic carbocycles. The van der Waals surface area contributed by atoms with Crippen LogP contribution in [-0.2, 0) is 6.42 Å². The first-order valence-electron chi connectivity index (χ1n) is 6.50. The lowest BCUT2D eigenvalue weighted by molar-refractivity contribution is 0.185. The maximum atomic E-state index is 9.34. The summed E-state index contributed by atoms with van der Waals surface area (Å²) < 4.78 is 0. The Morgan fingerprint density at radius 3 is 2.56 bits per heavy atom. The first-order valence-corrected chi connectivity index (χ1v) is 6.50. The van der Waals surface area contributed by atoms with Crippen LogP contribution in [0.3, 0.4) is 0 Å². The van der Waals surface area contributed by atoms with Crippen LogP contribution >= 0.6 is 0 Å². The van der Waals surface area contributed by atoms with E-state index in [0.29, 0.717) is 0 Å². The fraction of sp³-hybridized carbons (Fsp3) is 0.294. The summed E-state index contributed by atoms with van der Waals surface area (Å²) in [4.78, 5) is 0. The molecule has 94 valence electrons. The quantitative estimate of drug-likeness (QED) is 0.857. The van der Waals surface area contributed by atoms with Crippen LogP contribution in [0, 0.1) is 6.92 Å². The van der Waals surface area contributed by atoms with Gasteiger partial charge in [0.15, 0.2) is 0 Å². The summed E-state index contributed by atoms with van der Waals surface area (Å²) in [7, 11) is 0. The Morgan fingerprint density at radius 1 is 1.06 bits per heavy atom. The average Bonchev–Trinajstić information content (AvgIpc) is 2.37. The lowest BCUT2D eigenvalue weighted by Gasteiger charge is -2.09. The van der Waals surface area contributed by atoms with Crippen LogP contribution in [0.4, 0.5) is 0 Å². The molecule has 0 heterocycles. The second-order valence-electron chi connectivity index (χ2n) is 4.90. The maximum Gasteiger partial charge on any atom is 0.0515 e. The Bertz CT molecular complexity index is 515. The highest BCUT2D eigenvalue weighted by atomic mass is 16.3. The highest BCUT2D eigenvalue weighted by Gasteiger charge is 2.03. The highest BCUT2D eigenvalue weighted by molar-refractivity contribution is 5.67. The standard InChI is InChI=1S/C17H20O/c1-13-6-3-4-9-17(13)16-8-5-7-15(12-16)11-10-14(2)18/h3-9,12,14,18H,10-11H2,1-2H3/t14-/m0/s1. The number of aryl methyl sites for hydroxylation is 2. The molecule has 0 unspecified atom stereocenters. The number of aliphatic hydroxyl groups excluding tert-OH is 1. The molecular formula is C17H20O. The molecule has 0 radical (unpaired) electrons. The molecular weight excluding hydrogens is 220 g/mol. The van der Waals surface area contributed by atoms with Gasteiger partial charge in [0.25, 0.3) is 0 Å². The van der Waals surface area contributed by atoms with Gasteiger partial charge in [0.2, 0.25) is 0 Å². The molecule has 0 amide bonds. The topological polar surface area (TPSA) is 20.2 Å². The second kappa shape index (κ2) is 5.83. The predicted molar refractivity (Wildman–Crippen MR) is 76.6 cm³/mol. The molecule has 1 atom stereocenters. The van der Waals surface area contributed by atoms with E-state index in [0.717, 1.165) is 12.8 Å². The SMILES string of the molecule is Cc1ccccc1-c1cccc(CC[C@H](C)O)c1. The summed E-state index contributed by atoms with van der Waals surface area (Å²) in [5.41, 5.74) is 5.13. The normalized spacial score (nSPS) is 12.4. The number of aliphatic hydroxyl groups is 1. The molecule has 18 heavy (non-hydrogen) atoms. The van der Waals surface area contributed by atoms with Crippen LogP contribution in [0.15, 0.2) is 48.5 Å². The smallest absolute Gasteiger partial charge is 0.0515 e. The van der Waals surface area contributed by atoms with Crippen molar-refractivity contribution >= 4 is 0 Å². The van der Waals surface area contributed by atoms with E-state index in [4.69, 9.17) is 0 Å². The van der Waals surface area contributed by atoms with Crippen LogP contribution in [0.1, 0.15) is 24.5 Å². The zero-order chi connectivity index (χ0) is 13.0. The van der Waals surface area contributed by atoms with Crippen molar-refractivity contribution in [1.82, 2.24) is 0 Å². The van der Waals surface area contributed by atoms with E-state index in [1.54, 1.807) is 0 Å². The van der Waals surface area contributed by atoms with Gasteiger partial charge in [0, 0.05) is 0 Å². The predicted octanol–water partition coefficient (Wildman–Crippen LogP) is 3.98. The lowest BCUT2D eigenvalue weighted by Crippen LogP contribution is -2.01. The van der Waals surface area contributed by atoms with E-state index in [1.165, 1.54) is 22.3 Å². The third-order valence-electron chi connectivity index (χ3n) is 3.23. The zero-order valence-electron chi connectivity index (χ0n) is 11.1. The van der Waals surface area contributed by atoms with Crippen LogP contribution < -0.4 is 0 Å². The van der Waals surface area contributed by atoms with E-state index in [1.807, 2.05) is 6.92 Å². The number of rotatable bonds is 4. The van der Waals surface area contributed by atoms with Crippen molar-refractivity contribution in [2.75, 3.05) is 0 Å². The first-order chi connectivity index (χ1) is 8.66. The summed E-state index contributed by atoms with van der Waals surface area (Å²) in [5.74, 6) is 0. The van der Waals surface area contributed by atoms with E-state index >= 15 is 0 Å². The van der Waals surface area contributed by atoms with Gasteiger partial charge in [-0.25, -0.2) is 0 Å². The van der Waals surface area contributed by atoms with Gasteiger partial charge >= 0.3 is 0 Å². The third kappa shape index (κ3) is 3.21. The maximum absolute atomic E-state index is 9.34. The molecule has 1 heteroatoms. The molecule has 0 aromatic heterocycles. The van der Waals surface area contributed by atoms with Gasteiger partial charge in [-0.1, -0.05) is 48.5 Å². The summed E-state index contributed by atoms with van der Waals surface area (Å²) in [5, 5.41) is 9.34. The van der Waals surface area contributed by atoms with Crippen molar-refractivity contribution in [2.24, 2.45) is 0 Å². The van der Waals surface area contributed by atoms with Crippen LogP contribution in [0.2, 0.25) is 0 Å². The largest absolute Gasteiger partial charge is 0.393 e. The summed E-state index contributed by atoms with van der Waals surface area (Å²) in [6.07, 6.45) is 1.52. The molecule has 0 aliphatic rings. The Morgan fingerprint density at radius 2 is 1.83 bits per heavy atom. The zero-order valence-corrected chi connectivity index (χ0v) is 11.1. The van der Waals surface area contributed by atoms with E-state index in [2.05, 4.69) is 55.5 Å². The van der Waals surface area contributed by atoms with E-state index in [-0.39, 0.29) is 6.10 Å². The molecule has 2 aromatic rings. The monoisotopic (exact) mass is 240 g/mol. The summed E-state index contributed by atoms with van der Waals surface area (Å²) in [6.45, 7) is 3.98. The van der Waals surface area contributed by atoms with E-state index < -0.39 is 0 Å². The Hall–Kier alpha value is -1.60.